The van der Waals surface area contributed by atoms with Gasteiger partial charge in [0.1, 0.15) is 12.5 Å². The Morgan fingerprint density at radius 1 is 1.26 bits per heavy atom. The van der Waals surface area contributed by atoms with E-state index in [0.29, 0.717) is 0 Å². The van der Waals surface area contributed by atoms with Gasteiger partial charge in [0.05, 0.1) is 0 Å². The van der Waals surface area contributed by atoms with Crippen molar-refractivity contribution in [3.8, 4) is 0 Å². The number of hydrogen-bond acceptors (Lipinski definition) is 5. The van der Waals surface area contributed by atoms with Crippen molar-refractivity contribution in [1.29, 1.82) is 0 Å². The number of anilines is 2. The Balaban J connectivity index is 2.04. The van der Waals surface area contributed by atoms with Crippen molar-refractivity contribution in [2.24, 2.45) is 0 Å². The maximum Gasteiger partial charge on any atom is 0.133 e. The first-order valence-electron chi connectivity index (χ1n) is 6.69. The third kappa shape index (κ3) is 3.62. The minimum Gasteiger partial charge on any atom is -0.388 e. The molecule has 0 bridgehead atoms. The summed E-state index contributed by atoms with van der Waals surface area (Å²) in [4.78, 5) is 0. The molecule has 1 aliphatic heterocycles. The summed E-state index contributed by atoms with van der Waals surface area (Å²) in [7, 11) is 1.92. The molecule has 2 rings (SSSR count). The molecular formula is C14H23N5. The first-order chi connectivity index (χ1) is 9.22. The number of nitrogens with one attached hydrogen (secondary N) is 5. The van der Waals surface area contributed by atoms with E-state index in [2.05, 4.69) is 52.6 Å². The molecule has 0 saturated heterocycles. The molecule has 5 N–H and O–H groups in total. The molecule has 1 aromatic rings. The molecule has 1 aliphatic rings. The van der Waals surface area contributed by atoms with E-state index in [0.717, 1.165) is 17.9 Å². The second-order valence-electron chi connectivity index (χ2n) is 4.62. The maximum atomic E-state index is 3.49. The highest BCUT2D eigenvalue weighted by molar-refractivity contribution is 5.57. The standard InChI is InChI=1S/C14H23N5/c1-4-16-14-17-9-10(2)13(19-14)18-12-7-5-6-11(8-12)15-3/h5-9,13-19H,4H2,1-3H3. The van der Waals surface area contributed by atoms with Crippen molar-refractivity contribution < 1.29 is 0 Å². The van der Waals surface area contributed by atoms with Crippen LogP contribution in [0.15, 0.2) is 36.0 Å². The molecular weight excluding hydrogens is 238 g/mol. The summed E-state index contributed by atoms with van der Waals surface area (Å²) in [5, 5.41) is 16.7. The number of rotatable bonds is 5. The second-order valence-corrected chi connectivity index (χ2v) is 4.62. The molecule has 0 radical (unpaired) electrons. The predicted molar refractivity (Wildman–Crippen MR) is 80.9 cm³/mol. The molecule has 0 fully saturated rings. The lowest BCUT2D eigenvalue weighted by Crippen LogP contribution is -2.59. The molecule has 2 atom stereocenters. The average Bonchev–Trinajstić information content (AvgIpc) is 2.43. The molecule has 0 amide bonds. The van der Waals surface area contributed by atoms with Gasteiger partial charge in [-0.25, -0.2) is 0 Å². The molecule has 1 heterocycles. The number of benzene rings is 1. The summed E-state index contributed by atoms with van der Waals surface area (Å²) in [5.41, 5.74) is 3.42. The van der Waals surface area contributed by atoms with Crippen LogP contribution in [-0.2, 0) is 0 Å². The first kappa shape index (κ1) is 13.7. The van der Waals surface area contributed by atoms with Gasteiger partial charge in [-0.1, -0.05) is 13.0 Å². The van der Waals surface area contributed by atoms with Gasteiger partial charge in [0.2, 0.25) is 0 Å². The molecule has 1 aromatic carbocycles. The van der Waals surface area contributed by atoms with Gasteiger partial charge in [-0.2, -0.15) is 0 Å². The number of hydrogen-bond donors (Lipinski definition) is 5. The van der Waals surface area contributed by atoms with E-state index in [4.69, 9.17) is 0 Å². The van der Waals surface area contributed by atoms with Crippen molar-refractivity contribution in [3.63, 3.8) is 0 Å². The van der Waals surface area contributed by atoms with Crippen LogP contribution in [0.5, 0.6) is 0 Å². The monoisotopic (exact) mass is 261 g/mol. The van der Waals surface area contributed by atoms with Gasteiger partial charge < -0.3 is 16.0 Å². The normalized spacial score (nSPS) is 22.4. The molecule has 0 saturated carbocycles. The van der Waals surface area contributed by atoms with Crippen molar-refractivity contribution in [2.75, 3.05) is 24.2 Å². The van der Waals surface area contributed by atoms with Crippen molar-refractivity contribution >= 4 is 11.4 Å². The Morgan fingerprint density at radius 3 is 2.79 bits per heavy atom. The predicted octanol–water partition coefficient (Wildman–Crippen LogP) is 1.46. The Morgan fingerprint density at radius 2 is 2.05 bits per heavy atom. The Bertz CT molecular complexity index is 443. The minimum atomic E-state index is 0.0960. The lowest BCUT2D eigenvalue weighted by atomic mass is 10.2. The van der Waals surface area contributed by atoms with Crippen LogP contribution in [-0.4, -0.2) is 26.0 Å². The van der Waals surface area contributed by atoms with Crippen molar-refractivity contribution in [1.82, 2.24) is 16.0 Å². The Labute approximate surface area is 114 Å². The van der Waals surface area contributed by atoms with E-state index in [-0.39, 0.29) is 12.5 Å². The van der Waals surface area contributed by atoms with Gasteiger partial charge in [-0.05, 0) is 37.2 Å². The summed E-state index contributed by atoms with van der Waals surface area (Å²) < 4.78 is 0. The quantitative estimate of drug-likeness (QED) is 0.555. The van der Waals surface area contributed by atoms with Gasteiger partial charge in [0.15, 0.2) is 0 Å². The summed E-state index contributed by atoms with van der Waals surface area (Å²) in [6.07, 6.45) is 2.26. The second kappa shape index (κ2) is 6.45. The van der Waals surface area contributed by atoms with Gasteiger partial charge >= 0.3 is 0 Å². The summed E-state index contributed by atoms with van der Waals surface area (Å²) in [5.74, 6) is 0. The van der Waals surface area contributed by atoms with Gasteiger partial charge in [0.25, 0.3) is 0 Å². The summed E-state index contributed by atoms with van der Waals surface area (Å²) >= 11 is 0. The Kier molecular flexibility index (Phi) is 4.65. The zero-order valence-electron chi connectivity index (χ0n) is 11.7. The highest BCUT2D eigenvalue weighted by atomic mass is 15.3. The third-order valence-corrected chi connectivity index (χ3v) is 3.14. The highest BCUT2D eigenvalue weighted by Crippen LogP contribution is 2.17. The average molecular weight is 261 g/mol. The van der Waals surface area contributed by atoms with E-state index < -0.39 is 0 Å². The molecule has 104 valence electrons. The first-order valence-corrected chi connectivity index (χ1v) is 6.69. The fourth-order valence-corrected chi connectivity index (χ4v) is 2.05. The topological polar surface area (TPSA) is 60.1 Å². The lowest BCUT2D eigenvalue weighted by molar-refractivity contribution is 0.359. The molecule has 5 heteroatoms. The molecule has 19 heavy (non-hydrogen) atoms. The summed E-state index contributed by atoms with van der Waals surface area (Å²) in [6, 6.07) is 8.25. The van der Waals surface area contributed by atoms with Crippen molar-refractivity contribution in [3.05, 3.63) is 36.0 Å². The molecule has 0 aliphatic carbocycles. The Hall–Kier alpha value is -1.72. The van der Waals surface area contributed by atoms with Crippen molar-refractivity contribution in [2.45, 2.75) is 26.3 Å². The van der Waals surface area contributed by atoms with Crippen LogP contribution in [0.1, 0.15) is 13.8 Å². The fourth-order valence-electron chi connectivity index (χ4n) is 2.05. The molecule has 5 nitrogen and oxygen atoms in total. The zero-order chi connectivity index (χ0) is 13.7. The van der Waals surface area contributed by atoms with Gasteiger partial charge in [-0.15, -0.1) is 0 Å². The molecule has 0 aromatic heterocycles. The van der Waals surface area contributed by atoms with Crippen LogP contribution >= 0.6 is 0 Å². The van der Waals surface area contributed by atoms with E-state index in [1.165, 1.54) is 5.57 Å². The minimum absolute atomic E-state index is 0.0960. The van der Waals surface area contributed by atoms with Crippen LogP contribution in [0.2, 0.25) is 0 Å². The van der Waals surface area contributed by atoms with Crippen LogP contribution in [0.25, 0.3) is 0 Å². The van der Waals surface area contributed by atoms with E-state index in [1.807, 2.05) is 25.4 Å². The zero-order valence-corrected chi connectivity index (χ0v) is 11.7. The van der Waals surface area contributed by atoms with Crippen LogP contribution in [0, 0.1) is 0 Å². The van der Waals surface area contributed by atoms with Gasteiger partial charge in [-0.3, -0.25) is 10.6 Å². The van der Waals surface area contributed by atoms with Crippen LogP contribution in [0.4, 0.5) is 11.4 Å². The fraction of sp³-hybridized carbons (Fsp3) is 0.429. The van der Waals surface area contributed by atoms with Crippen LogP contribution in [0.3, 0.4) is 0 Å². The van der Waals surface area contributed by atoms with E-state index in [9.17, 15) is 0 Å². The molecule has 2 unspecified atom stereocenters. The maximum absolute atomic E-state index is 3.49. The SMILES string of the molecule is CCNC1NC=C(C)C(Nc2cccc(NC)c2)N1. The summed E-state index contributed by atoms with van der Waals surface area (Å²) in [6.45, 7) is 5.11. The van der Waals surface area contributed by atoms with Gasteiger partial charge in [0, 0.05) is 24.6 Å². The lowest BCUT2D eigenvalue weighted by Gasteiger charge is -2.33. The smallest absolute Gasteiger partial charge is 0.133 e. The van der Waals surface area contributed by atoms with E-state index in [1.54, 1.807) is 0 Å². The largest absolute Gasteiger partial charge is 0.388 e. The van der Waals surface area contributed by atoms with Crippen LogP contribution < -0.4 is 26.6 Å². The highest BCUT2D eigenvalue weighted by Gasteiger charge is 2.19. The molecule has 0 spiro atoms. The van der Waals surface area contributed by atoms with E-state index >= 15 is 0 Å². The third-order valence-electron chi connectivity index (χ3n) is 3.14.